The molecule has 0 heterocycles. The van der Waals surface area contributed by atoms with E-state index in [1.165, 1.54) is 0 Å². The molecule has 0 saturated carbocycles. The van der Waals surface area contributed by atoms with Crippen LogP contribution in [0.15, 0.2) is 29.2 Å². The number of benzene rings is 1. The number of carbonyl (C=O) groups is 1. The number of anilines is 1. The predicted molar refractivity (Wildman–Crippen MR) is 59.4 cm³/mol. The third kappa shape index (κ3) is 2.86. The van der Waals surface area contributed by atoms with Crippen LogP contribution in [-0.4, -0.2) is 12.3 Å². The van der Waals surface area contributed by atoms with Crippen molar-refractivity contribution in [3.8, 4) is 0 Å². The minimum absolute atomic E-state index is 0.329. The summed E-state index contributed by atoms with van der Waals surface area (Å²) in [6.45, 7) is 0. The van der Waals surface area contributed by atoms with Crippen LogP contribution < -0.4 is 10.0 Å². The molecule has 0 saturated heterocycles. The Labute approximate surface area is 86.8 Å². The summed E-state index contributed by atoms with van der Waals surface area (Å²) in [6, 6.07) is 7.25. The van der Waals surface area contributed by atoms with Gasteiger partial charge in [0, 0.05) is 4.90 Å². The maximum atomic E-state index is 10.9. The molecule has 0 unspecified atom stereocenters. The minimum Gasteiger partial charge on any atom is -0.306 e. The van der Waals surface area contributed by atoms with Crippen LogP contribution in [0.2, 0.25) is 0 Å². The second-order valence-corrected chi connectivity index (χ2v) is 3.34. The third-order valence-electron chi connectivity index (χ3n) is 1.46. The number of carbonyl (C=O) groups excluding carboxylic acids is 1. The highest BCUT2D eigenvalue weighted by atomic mass is 32.2. The van der Waals surface area contributed by atoms with Crippen LogP contribution in [-0.2, 0) is 0 Å². The van der Waals surface area contributed by atoms with Gasteiger partial charge in [0.05, 0.1) is 5.69 Å². The molecule has 0 fully saturated rings. The summed E-state index contributed by atoms with van der Waals surface area (Å²) in [4.78, 5) is 12.0. The summed E-state index contributed by atoms with van der Waals surface area (Å²) in [5.74, 6) is 0. The lowest BCUT2D eigenvalue weighted by atomic mass is 10.3. The third-order valence-corrected chi connectivity index (χ3v) is 2.46. The van der Waals surface area contributed by atoms with Gasteiger partial charge in [0.2, 0.25) is 0 Å². The molecule has 0 atom stereocenters. The molecule has 1 rings (SSSR count). The van der Waals surface area contributed by atoms with Gasteiger partial charge in [-0.3, -0.25) is 4.72 Å². The van der Waals surface area contributed by atoms with Crippen molar-refractivity contribution < 1.29 is 4.79 Å². The molecular formula is C8H10N2OS2. The van der Waals surface area contributed by atoms with Gasteiger partial charge < -0.3 is 5.32 Å². The Morgan fingerprint density at radius 1 is 1.46 bits per heavy atom. The first-order valence-corrected chi connectivity index (χ1v) is 5.29. The monoisotopic (exact) mass is 214 g/mol. The lowest BCUT2D eigenvalue weighted by molar-refractivity contribution is 0.257. The Hall–Kier alpha value is -0.810. The zero-order valence-corrected chi connectivity index (χ0v) is 8.78. The number of hydrogen-bond donors (Lipinski definition) is 3. The normalized spacial score (nSPS) is 9.38. The number of thioether (sulfide) groups is 1. The second-order valence-electron chi connectivity index (χ2n) is 2.27. The van der Waals surface area contributed by atoms with Gasteiger partial charge in [-0.1, -0.05) is 24.9 Å². The molecule has 5 heteroatoms. The number of para-hydroxylation sites is 1. The molecule has 0 bridgehead atoms. The number of urea groups is 1. The zero-order chi connectivity index (χ0) is 9.68. The van der Waals surface area contributed by atoms with Crippen molar-refractivity contribution in [3.05, 3.63) is 24.3 Å². The van der Waals surface area contributed by atoms with Gasteiger partial charge in [0.1, 0.15) is 0 Å². The molecule has 3 nitrogen and oxygen atoms in total. The van der Waals surface area contributed by atoms with Crippen molar-refractivity contribution in [2.75, 3.05) is 11.6 Å². The number of amides is 2. The van der Waals surface area contributed by atoms with E-state index in [1.54, 1.807) is 11.8 Å². The molecule has 1 aromatic carbocycles. The molecular weight excluding hydrogens is 204 g/mol. The summed E-state index contributed by atoms with van der Waals surface area (Å²) >= 11 is 5.22. The maximum absolute atomic E-state index is 10.9. The van der Waals surface area contributed by atoms with Gasteiger partial charge >= 0.3 is 6.03 Å². The number of thiol groups is 1. The van der Waals surface area contributed by atoms with Crippen molar-refractivity contribution in [3.63, 3.8) is 0 Å². The quantitative estimate of drug-likeness (QED) is 0.522. The molecule has 13 heavy (non-hydrogen) atoms. The Morgan fingerprint density at radius 2 is 2.15 bits per heavy atom. The molecule has 70 valence electrons. The highest BCUT2D eigenvalue weighted by Gasteiger charge is 2.02. The summed E-state index contributed by atoms with van der Waals surface area (Å²) in [5.41, 5.74) is 0.793. The van der Waals surface area contributed by atoms with Crippen LogP contribution >= 0.6 is 24.6 Å². The van der Waals surface area contributed by atoms with Crippen LogP contribution in [0.1, 0.15) is 0 Å². The Kier molecular flexibility index (Phi) is 3.98. The van der Waals surface area contributed by atoms with E-state index in [9.17, 15) is 4.79 Å². The van der Waals surface area contributed by atoms with E-state index in [4.69, 9.17) is 0 Å². The number of rotatable bonds is 2. The standard InChI is InChI=1S/C8H10N2OS2/c1-13-7-5-3-2-4-6(7)9-8(11)10-12/h2-5,12H,1H3,(H2,9,10,11). The molecule has 0 aliphatic carbocycles. The van der Waals surface area contributed by atoms with Crippen LogP contribution in [0.5, 0.6) is 0 Å². The predicted octanol–water partition coefficient (Wildman–Crippen LogP) is 2.37. The van der Waals surface area contributed by atoms with Crippen molar-refractivity contribution in [1.82, 2.24) is 4.72 Å². The average molecular weight is 214 g/mol. The van der Waals surface area contributed by atoms with Crippen LogP contribution in [0.4, 0.5) is 10.5 Å². The Bertz CT molecular complexity index is 304. The molecule has 2 amide bonds. The van der Waals surface area contributed by atoms with E-state index in [1.807, 2.05) is 30.5 Å². The Morgan fingerprint density at radius 3 is 2.77 bits per heavy atom. The van der Waals surface area contributed by atoms with Crippen molar-refractivity contribution in [1.29, 1.82) is 0 Å². The summed E-state index contributed by atoms with van der Waals surface area (Å²) in [5, 5.41) is 2.66. The molecule has 0 aromatic heterocycles. The fraction of sp³-hybridized carbons (Fsp3) is 0.125. The highest BCUT2D eigenvalue weighted by Crippen LogP contribution is 2.24. The smallest absolute Gasteiger partial charge is 0.306 e. The van der Waals surface area contributed by atoms with Gasteiger partial charge in [0.15, 0.2) is 0 Å². The van der Waals surface area contributed by atoms with Gasteiger partial charge in [-0.25, -0.2) is 4.79 Å². The molecule has 1 aromatic rings. The van der Waals surface area contributed by atoms with Gasteiger partial charge in [-0.15, -0.1) is 11.8 Å². The molecule has 0 aliphatic heterocycles. The lowest BCUT2D eigenvalue weighted by Gasteiger charge is -2.07. The van der Waals surface area contributed by atoms with E-state index < -0.39 is 0 Å². The summed E-state index contributed by atoms with van der Waals surface area (Å²) in [7, 11) is 0. The molecule has 0 radical (unpaired) electrons. The van der Waals surface area contributed by atoms with E-state index in [-0.39, 0.29) is 6.03 Å². The van der Waals surface area contributed by atoms with Crippen LogP contribution in [0.3, 0.4) is 0 Å². The fourth-order valence-electron chi connectivity index (χ4n) is 0.898. The van der Waals surface area contributed by atoms with Gasteiger partial charge in [0.25, 0.3) is 0 Å². The Balaban J connectivity index is 2.81. The van der Waals surface area contributed by atoms with Crippen LogP contribution in [0, 0.1) is 0 Å². The largest absolute Gasteiger partial charge is 0.329 e. The number of hydrogen-bond acceptors (Lipinski definition) is 3. The van der Waals surface area contributed by atoms with E-state index in [0.717, 1.165) is 10.6 Å². The molecule has 2 N–H and O–H groups in total. The fourth-order valence-corrected chi connectivity index (χ4v) is 1.51. The molecule has 0 spiro atoms. The SMILES string of the molecule is CSc1ccccc1NC(=O)NS. The zero-order valence-electron chi connectivity index (χ0n) is 7.07. The number of nitrogens with one attached hydrogen (secondary N) is 2. The first-order chi connectivity index (χ1) is 6.27. The van der Waals surface area contributed by atoms with Crippen molar-refractivity contribution in [2.24, 2.45) is 0 Å². The summed E-state index contributed by atoms with van der Waals surface area (Å²) in [6.07, 6.45) is 1.96. The van der Waals surface area contributed by atoms with E-state index in [2.05, 4.69) is 22.9 Å². The van der Waals surface area contributed by atoms with Crippen molar-refractivity contribution in [2.45, 2.75) is 4.90 Å². The van der Waals surface area contributed by atoms with Gasteiger partial charge in [-0.2, -0.15) is 0 Å². The van der Waals surface area contributed by atoms with Crippen molar-refractivity contribution >= 4 is 36.3 Å². The first-order valence-electron chi connectivity index (χ1n) is 3.62. The highest BCUT2D eigenvalue weighted by molar-refractivity contribution is 7.98. The van der Waals surface area contributed by atoms with Crippen LogP contribution in [0.25, 0.3) is 0 Å². The minimum atomic E-state index is -0.329. The lowest BCUT2D eigenvalue weighted by Crippen LogP contribution is -2.20. The van der Waals surface area contributed by atoms with Gasteiger partial charge in [-0.05, 0) is 18.4 Å². The van der Waals surface area contributed by atoms with E-state index >= 15 is 0 Å². The topological polar surface area (TPSA) is 41.1 Å². The van der Waals surface area contributed by atoms with E-state index in [0.29, 0.717) is 0 Å². The first kappa shape index (κ1) is 10.3. The second kappa shape index (κ2) is 5.04. The maximum Gasteiger partial charge on any atom is 0.329 e. The average Bonchev–Trinajstić information content (AvgIpc) is 2.18. The molecule has 0 aliphatic rings. The summed E-state index contributed by atoms with van der Waals surface area (Å²) < 4.78 is 2.20.